The van der Waals surface area contributed by atoms with Crippen LogP contribution in [0.15, 0.2) is 42.5 Å². The lowest BCUT2D eigenvalue weighted by molar-refractivity contribution is 0.0993. The van der Waals surface area contributed by atoms with Gasteiger partial charge in [0.1, 0.15) is 0 Å². The van der Waals surface area contributed by atoms with Crippen molar-refractivity contribution in [2.45, 2.75) is 39.0 Å². The van der Waals surface area contributed by atoms with Gasteiger partial charge >= 0.3 is 0 Å². The van der Waals surface area contributed by atoms with Crippen molar-refractivity contribution < 1.29 is 4.79 Å². The Labute approximate surface area is 120 Å². The molecule has 0 saturated heterocycles. The van der Waals surface area contributed by atoms with Gasteiger partial charge in [-0.3, -0.25) is 4.79 Å². The third kappa shape index (κ3) is 2.67. The Bertz CT molecular complexity index is 623. The van der Waals surface area contributed by atoms with Crippen molar-refractivity contribution in [3.8, 4) is 0 Å². The molecule has 102 valence electrons. The lowest BCUT2D eigenvalue weighted by Crippen LogP contribution is -2.04. The average molecular weight is 264 g/mol. The average Bonchev–Trinajstić information content (AvgIpc) is 2.95. The molecule has 1 heteroatoms. The first-order valence-electron chi connectivity index (χ1n) is 7.49. The molecule has 0 amide bonds. The van der Waals surface area contributed by atoms with E-state index in [2.05, 4.69) is 43.3 Å². The van der Waals surface area contributed by atoms with Gasteiger partial charge in [0, 0.05) is 12.0 Å². The molecule has 0 aromatic heterocycles. The molecular formula is C19H20O. The zero-order valence-corrected chi connectivity index (χ0v) is 12.0. The van der Waals surface area contributed by atoms with Crippen LogP contribution >= 0.6 is 0 Å². The number of fused-ring (bicyclic) bond motifs is 1. The lowest BCUT2D eigenvalue weighted by atomic mass is 9.98. The molecule has 20 heavy (non-hydrogen) atoms. The van der Waals surface area contributed by atoms with Gasteiger partial charge in [-0.1, -0.05) is 43.3 Å². The van der Waals surface area contributed by atoms with Crippen LogP contribution in [0.5, 0.6) is 0 Å². The summed E-state index contributed by atoms with van der Waals surface area (Å²) in [6, 6.07) is 14.6. The molecule has 0 saturated carbocycles. The first-order chi connectivity index (χ1) is 9.76. The maximum Gasteiger partial charge on any atom is 0.167 e. The highest BCUT2D eigenvalue weighted by atomic mass is 16.1. The molecule has 0 N–H and O–H groups in total. The van der Waals surface area contributed by atoms with Crippen LogP contribution in [0.4, 0.5) is 0 Å². The molecule has 0 atom stereocenters. The third-order valence-electron chi connectivity index (χ3n) is 4.22. The Morgan fingerprint density at radius 1 is 0.950 bits per heavy atom. The summed E-state index contributed by atoms with van der Waals surface area (Å²) in [6.07, 6.45) is 5.07. The summed E-state index contributed by atoms with van der Waals surface area (Å²) in [4.78, 5) is 12.4. The number of hydrogen-bond acceptors (Lipinski definition) is 1. The van der Waals surface area contributed by atoms with Gasteiger partial charge in [0.2, 0.25) is 0 Å². The molecule has 0 heterocycles. The molecule has 0 spiro atoms. The van der Waals surface area contributed by atoms with Crippen LogP contribution in [-0.2, 0) is 25.7 Å². The maximum absolute atomic E-state index is 12.4. The molecule has 2 aromatic rings. The normalized spacial score (nSPS) is 13.2. The van der Waals surface area contributed by atoms with E-state index in [-0.39, 0.29) is 5.78 Å². The summed E-state index contributed by atoms with van der Waals surface area (Å²) in [5.41, 5.74) is 6.09. The quantitative estimate of drug-likeness (QED) is 0.758. The summed E-state index contributed by atoms with van der Waals surface area (Å²) in [5.74, 6) is 0.226. The second-order valence-electron chi connectivity index (χ2n) is 5.61. The zero-order chi connectivity index (χ0) is 13.9. The van der Waals surface area contributed by atoms with E-state index < -0.39 is 0 Å². The number of rotatable bonds is 4. The summed E-state index contributed by atoms with van der Waals surface area (Å²) >= 11 is 0. The molecule has 0 unspecified atom stereocenters. The van der Waals surface area contributed by atoms with Crippen molar-refractivity contribution in [2.24, 2.45) is 0 Å². The number of benzene rings is 2. The smallest absolute Gasteiger partial charge is 0.167 e. The fourth-order valence-corrected chi connectivity index (χ4v) is 2.93. The third-order valence-corrected chi connectivity index (χ3v) is 4.22. The van der Waals surface area contributed by atoms with Crippen LogP contribution < -0.4 is 0 Å². The number of Topliss-reactive ketones (excluding diaryl/α,β-unsaturated/α-hetero) is 1. The summed E-state index contributed by atoms with van der Waals surface area (Å²) in [7, 11) is 0. The lowest BCUT2D eigenvalue weighted by Gasteiger charge is -2.05. The molecule has 1 aliphatic rings. The first-order valence-corrected chi connectivity index (χ1v) is 7.49. The molecule has 0 radical (unpaired) electrons. The van der Waals surface area contributed by atoms with Gasteiger partial charge in [-0.2, -0.15) is 0 Å². The monoisotopic (exact) mass is 264 g/mol. The van der Waals surface area contributed by atoms with Crippen molar-refractivity contribution in [1.29, 1.82) is 0 Å². The molecule has 1 aliphatic carbocycles. The van der Waals surface area contributed by atoms with Crippen LogP contribution in [0.25, 0.3) is 0 Å². The number of carbonyl (C=O) groups is 1. The first kappa shape index (κ1) is 13.1. The van der Waals surface area contributed by atoms with Gasteiger partial charge in [-0.05, 0) is 54.0 Å². The molecule has 1 nitrogen and oxygen atoms in total. The summed E-state index contributed by atoms with van der Waals surface area (Å²) in [5, 5.41) is 0. The number of carbonyl (C=O) groups excluding carboxylic acids is 1. The van der Waals surface area contributed by atoms with Crippen LogP contribution in [0.1, 0.15) is 46.0 Å². The summed E-state index contributed by atoms with van der Waals surface area (Å²) in [6.45, 7) is 2.14. The Morgan fingerprint density at radius 3 is 2.40 bits per heavy atom. The molecule has 0 fully saturated rings. The Hall–Kier alpha value is -1.89. The van der Waals surface area contributed by atoms with Crippen molar-refractivity contribution in [1.82, 2.24) is 0 Å². The van der Waals surface area contributed by atoms with Gasteiger partial charge in [-0.15, -0.1) is 0 Å². The van der Waals surface area contributed by atoms with Crippen LogP contribution in [0.2, 0.25) is 0 Å². The molecule has 3 rings (SSSR count). The standard InChI is InChI=1S/C19H20O/c1-2-14-6-8-15(9-7-14)12-19(20)18-11-10-16-4-3-5-17(16)13-18/h6-11,13H,2-5,12H2,1H3. The molecule has 0 aliphatic heterocycles. The van der Waals surface area contributed by atoms with E-state index in [1.54, 1.807) is 0 Å². The number of aryl methyl sites for hydroxylation is 3. The fourth-order valence-electron chi connectivity index (χ4n) is 2.93. The minimum atomic E-state index is 0.226. The van der Waals surface area contributed by atoms with Crippen molar-refractivity contribution in [3.05, 3.63) is 70.3 Å². The highest BCUT2D eigenvalue weighted by Crippen LogP contribution is 2.23. The summed E-state index contributed by atoms with van der Waals surface area (Å²) < 4.78 is 0. The predicted octanol–water partition coefficient (Wildman–Crippen LogP) is 4.16. The second kappa shape index (κ2) is 5.62. The highest BCUT2D eigenvalue weighted by molar-refractivity contribution is 5.97. The SMILES string of the molecule is CCc1ccc(CC(=O)c2ccc3c(c2)CCC3)cc1. The van der Waals surface area contributed by atoms with E-state index in [0.29, 0.717) is 6.42 Å². The van der Waals surface area contributed by atoms with Crippen molar-refractivity contribution >= 4 is 5.78 Å². The van der Waals surface area contributed by atoms with Gasteiger partial charge in [-0.25, -0.2) is 0 Å². The predicted molar refractivity (Wildman–Crippen MR) is 82.3 cm³/mol. The van der Waals surface area contributed by atoms with Crippen LogP contribution in [-0.4, -0.2) is 5.78 Å². The van der Waals surface area contributed by atoms with E-state index in [0.717, 1.165) is 24.0 Å². The number of hydrogen-bond donors (Lipinski definition) is 0. The number of ketones is 1. The largest absolute Gasteiger partial charge is 0.294 e. The topological polar surface area (TPSA) is 17.1 Å². The van der Waals surface area contributed by atoms with Gasteiger partial charge in [0.05, 0.1) is 0 Å². The van der Waals surface area contributed by atoms with Crippen LogP contribution in [0, 0.1) is 0 Å². The van der Waals surface area contributed by atoms with E-state index in [4.69, 9.17) is 0 Å². The van der Waals surface area contributed by atoms with Crippen molar-refractivity contribution in [2.75, 3.05) is 0 Å². The fraction of sp³-hybridized carbons (Fsp3) is 0.316. The minimum Gasteiger partial charge on any atom is -0.294 e. The Balaban J connectivity index is 1.75. The molecule has 2 aromatic carbocycles. The molecule has 0 bridgehead atoms. The molecular weight excluding hydrogens is 244 g/mol. The van der Waals surface area contributed by atoms with E-state index >= 15 is 0 Å². The minimum absolute atomic E-state index is 0.226. The van der Waals surface area contributed by atoms with Gasteiger partial charge in [0.25, 0.3) is 0 Å². The van der Waals surface area contributed by atoms with Crippen LogP contribution in [0.3, 0.4) is 0 Å². The van der Waals surface area contributed by atoms with E-state index in [1.807, 2.05) is 6.07 Å². The Morgan fingerprint density at radius 2 is 1.65 bits per heavy atom. The highest BCUT2D eigenvalue weighted by Gasteiger charge is 2.14. The van der Waals surface area contributed by atoms with Gasteiger partial charge in [0.15, 0.2) is 5.78 Å². The maximum atomic E-state index is 12.4. The van der Waals surface area contributed by atoms with Gasteiger partial charge < -0.3 is 0 Å². The second-order valence-corrected chi connectivity index (χ2v) is 5.61. The van der Waals surface area contributed by atoms with Crippen molar-refractivity contribution in [3.63, 3.8) is 0 Å². The van der Waals surface area contributed by atoms with E-state index in [1.165, 1.54) is 29.5 Å². The zero-order valence-electron chi connectivity index (χ0n) is 12.0. The Kier molecular flexibility index (Phi) is 3.68. The van der Waals surface area contributed by atoms with E-state index in [9.17, 15) is 4.79 Å².